The van der Waals surface area contributed by atoms with Crippen molar-refractivity contribution in [3.05, 3.63) is 69.5 Å². The largest absolute Gasteiger partial charge is 0.398 e. The van der Waals surface area contributed by atoms with E-state index in [0.717, 1.165) is 16.8 Å². The number of carbonyl (C=O) groups is 1. The Balaban J connectivity index is 2.13. The number of nitrogens with two attached hydrogens (primary N) is 1. The third-order valence-electron chi connectivity index (χ3n) is 4.21. The minimum absolute atomic E-state index is 0.0746. The third-order valence-corrected chi connectivity index (χ3v) is 4.21. The second kappa shape index (κ2) is 5.85. The minimum Gasteiger partial charge on any atom is -0.398 e. The first-order chi connectivity index (χ1) is 11.4. The first-order valence-corrected chi connectivity index (χ1v) is 7.65. The Morgan fingerprint density at radius 2 is 1.71 bits per heavy atom. The van der Waals surface area contributed by atoms with Gasteiger partial charge >= 0.3 is 0 Å². The van der Waals surface area contributed by atoms with Gasteiger partial charge in [-0.2, -0.15) is 0 Å². The average Bonchev–Trinajstić information content (AvgIpc) is 2.54. The van der Waals surface area contributed by atoms with Crippen molar-refractivity contribution in [1.82, 2.24) is 4.57 Å². The van der Waals surface area contributed by atoms with E-state index in [1.165, 1.54) is 0 Å². The molecule has 1 heterocycles. The van der Waals surface area contributed by atoms with Gasteiger partial charge in [0.15, 0.2) is 0 Å². The maximum atomic E-state index is 12.7. The fourth-order valence-corrected chi connectivity index (χ4v) is 2.91. The van der Waals surface area contributed by atoms with E-state index in [1.807, 2.05) is 32.0 Å². The van der Waals surface area contributed by atoms with Crippen LogP contribution in [0.15, 0.2) is 47.4 Å². The Kier molecular flexibility index (Phi) is 3.85. The van der Waals surface area contributed by atoms with E-state index in [1.54, 1.807) is 36.0 Å². The van der Waals surface area contributed by atoms with Crippen molar-refractivity contribution in [2.75, 3.05) is 11.1 Å². The highest BCUT2D eigenvalue weighted by Crippen LogP contribution is 2.21. The molecule has 5 heteroatoms. The molecule has 1 aromatic heterocycles. The Labute approximate surface area is 139 Å². The third kappa shape index (κ3) is 2.54. The first kappa shape index (κ1) is 15.8. The van der Waals surface area contributed by atoms with Crippen LogP contribution < -0.4 is 16.5 Å². The molecule has 0 radical (unpaired) electrons. The molecule has 0 spiro atoms. The summed E-state index contributed by atoms with van der Waals surface area (Å²) in [6.45, 7) is 3.83. The van der Waals surface area contributed by atoms with Gasteiger partial charge in [0.05, 0.1) is 10.9 Å². The number of hydrogen-bond donors (Lipinski definition) is 2. The number of aromatic nitrogens is 1. The number of benzene rings is 2. The molecule has 0 saturated heterocycles. The van der Waals surface area contributed by atoms with Crippen LogP contribution in [0, 0.1) is 13.8 Å². The molecule has 3 N–H and O–H groups in total. The first-order valence-electron chi connectivity index (χ1n) is 7.65. The molecule has 3 aromatic rings. The fraction of sp³-hybridized carbons (Fsp3) is 0.158. The van der Waals surface area contributed by atoms with Gasteiger partial charge in [-0.15, -0.1) is 0 Å². The maximum Gasteiger partial charge on any atom is 0.261 e. The fourth-order valence-electron chi connectivity index (χ4n) is 2.91. The molecule has 1 amide bonds. The van der Waals surface area contributed by atoms with Gasteiger partial charge in [-0.05, 0) is 37.1 Å². The average molecular weight is 321 g/mol. The molecule has 0 atom stereocenters. The molecule has 0 fully saturated rings. The van der Waals surface area contributed by atoms with Crippen molar-refractivity contribution in [2.24, 2.45) is 7.05 Å². The quantitative estimate of drug-likeness (QED) is 0.712. The number of amides is 1. The number of hydrogen-bond acceptors (Lipinski definition) is 3. The SMILES string of the molecule is Cc1cccc(C)c1NC(=O)c1cn(C)c2cccc(N)c2c1=O. The van der Waals surface area contributed by atoms with E-state index < -0.39 is 5.91 Å². The van der Waals surface area contributed by atoms with Crippen LogP contribution in [-0.2, 0) is 7.05 Å². The number of nitrogens with zero attached hydrogens (tertiary/aromatic N) is 1. The number of pyridine rings is 1. The predicted molar refractivity (Wildman–Crippen MR) is 97.5 cm³/mol. The second-order valence-electron chi connectivity index (χ2n) is 5.95. The number of nitrogens with one attached hydrogen (secondary N) is 1. The lowest BCUT2D eigenvalue weighted by atomic mass is 10.1. The van der Waals surface area contributed by atoms with Gasteiger partial charge in [-0.25, -0.2) is 0 Å². The van der Waals surface area contributed by atoms with Gasteiger partial charge in [0.1, 0.15) is 5.56 Å². The van der Waals surface area contributed by atoms with Crippen molar-refractivity contribution in [1.29, 1.82) is 0 Å². The highest BCUT2D eigenvalue weighted by molar-refractivity contribution is 6.07. The summed E-state index contributed by atoms with van der Waals surface area (Å²) in [7, 11) is 1.79. The molecular weight excluding hydrogens is 302 g/mol. The van der Waals surface area contributed by atoms with Crippen LogP contribution in [0.5, 0.6) is 0 Å². The van der Waals surface area contributed by atoms with Crippen LogP contribution in [0.25, 0.3) is 10.9 Å². The van der Waals surface area contributed by atoms with E-state index in [2.05, 4.69) is 5.32 Å². The number of fused-ring (bicyclic) bond motifs is 1. The molecule has 3 rings (SSSR count). The summed E-state index contributed by atoms with van der Waals surface area (Å²) in [5, 5.41) is 3.22. The molecule has 2 aromatic carbocycles. The standard InChI is InChI=1S/C19H19N3O2/c1-11-6-4-7-12(2)17(11)21-19(24)13-10-22(3)15-9-5-8-14(20)16(15)18(13)23/h4-10H,20H2,1-3H3,(H,21,24). The van der Waals surface area contributed by atoms with Gasteiger partial charge in [0.2, 0.25) is 5.43 Å². The van der Waals surface area contributed by atoms with E-state index >= 15 is 0 Å². The summed E-state index contributed by atoms with van der Waals surface area (Å²) in [5.74, 6) is -0.432. The van der Waals surface area contributed by atoms with E-state index in [4.69, 9.17) is 5.73 Å². The number of aryl methyl sites for hydroxylation is 3. The highest BCUT2D eigenvalue weighted by atomic mass is 16.2. The summed E-state index contributed by atoms with van der Waals surface area (Å²) < 4.78 is 1.74. The normalized spacial score (nSPS) is 10.8. The van der Waals surface area contributed by atoms with Crippen molar-refractivity contribution in [3.63, 3.8) is 0 Å². The molecule has 0 saturated carbocycles. The predicted octanol–water partition coefficient (Wildman–Crippen LogP) is 2.99. The summed E-state index contributed by atoms with van der Waals surface area (Å²) in [6, 6.07) is 11.0. The molecule has 5 nitrogen and oxygen atoms in total. The van der Waals surface area contributed by atoms with Gasteiger partial charge < -0.3 is 15.6 Å². The molecule has 0 bridgehead atoms. The molecule has 0 aliphatic carbocycles. The van der Waals surface area contributed by atoms with Crippen LogP contribution in [0.3, 0.4) is 0 Å². The number of nitrogen functional groups attached to an aromatic ring is 1. The summed E-state index contributed by atoms with van der Waals surface area (Å²) in [6.07, 6.45) is 1.55. The summed E-state index contributed by atoms with van der Waals surface area (Å²) in [5.41, 5.74) is 9.35. The van der Waals surface area contributed by atoms with Gasteiger partial charge in [-0.1, -0.05) is 24.3 Å². The van der Waals surface area contributed by atoms with Crippen LogP contribution >= 0.6 is 0 Å². The molecular formula is C19H19N3O2. The molecule has 24 heavy (non-hydrogen) atoms. The van der Waals surface area contributed by atoms with Gasteiger partial charge in [0, 0.05) is 24.6 Å². The number of rotatable bonds is 2. The Morgan fingerprint density at radius 1 is 1.08 bits per heavy atom. The highest BCUT2D eigenvalue weighted by Gasteiger charge is 2.17. The van der Waals surface area contributed by atoms with Crippen molar-refractivity contribution in [2.45, 2.75) is 13.8 Å². The summed E-state index contributed by atoms with van der Waals surface area (Å²) in [4.78, 5) is 25.4. The maximum absolute atomic E-state index is 12.7. The number of para-hydroxylation sites is 1. The smallest absolute Gasteiger partial charge is 0.261 e. The zero-order valence-corrected chi connectivity index (χ0v) is 13.9. The monoisotopic (exact) mass is 321 g/mol. The Bertz CT molecular complexity index is 999. The van der Waals surface area contributed by atoms with Crippen molar-refractivity contribution >= 4 is 28.2 Å². The molecule has 0 unspecified atom stereocenters. The Morgan fingerprint density at radius 3 is 2.38 bits per heavy atom. The second-order valence-corrected chi connectivity index (χ2v) is 5.95. The lowest BCUT2D eigenvalue weighted by Gasteiger charge is -2.13. The van der Waals surface area contributed by atoms with Crippen LogP contribution in [-0.4, -0.2) is 10.5 Å². The minimum atomic E-state index is -0.432. The molecule has 122 valence electrons. The topological polar surface area (TPSA) is 77.1 Å². The van der Waals surface area contributed by atoms with Gasteiger partial charge in [0.25, 0.3) is 5.91 Å². The number of anilines is 2. The zero-order valence-electron chi connectivity index (χ0n) is 13.9. The van der Waals surface area contributed by atoms with E-state index in [0.29, 0.717) is 16.6 Å². The molecule has 0 aliphatic rings. The van der Waals surface area contributed by atoms with Crippen LogP contribution in [0.1, 0.15) is 21.5 Å². The Hall–Kier alpha value is -3.08. The van der Waals surface area contributed by atoms with E-state index in [-0.39, 0.29) is 11.0 Å². The van der Waals surface area contributed by atoms with Crippen molar-refractivity contribution in [3.8, 4) is 0 Å². The van der Waals surface area contributed by atoms with Crippen LogP contribution in [0.2, 0.25) is 0 Å². The zero-order chi connectivity index (χ0) is 17.4. The molecule has 0 aliphatic heterocycles. The van der Waals surface area contributed by atoms with Crippen molar-refractivity contribution < 1.29 is 4.79 Å². The van der Waals surface area contributed by atoms with E-state index in [9.17, 15) is 9.59 Å². The lowest BCUT2D eigenvalue weighted by molar-refractivity contribution is 0.102. The summed E-state index contributed by atoms with van der Waals surface area (Å²) >= 11 is 0. The van der Waals surface area contributed by atoms with Gasteiger partial charge in [-0.3, -0.25) is 9.59 Å². The van der Waals surface area contributed by atoms with Crippen LogP contribution in [0.4, 0.5) is 11.4 Å². The number of carbonyl (C=O) groups excluding carboxylic acids is 1. The lowest BCUT2D eigenvalue weighted by Crippen LogP contribution is -2.24.